The molecule has 182 valence electrons. The van der Waals surface area contributed by atoms with E-state index < -0.39 is 30.3 Å². The van der Waals surface area contributed by atoms with Gasteiger partial charge in [-0.25, -0.2) is 9.69 Å². The Kier molecular flexibility index (Phi) is 6.36. The number of nitrogens with zero attached hydrogens (tertiary/aromatic N) is 1. The van der Waals surface area contributed by atoms with Crippen LogP contribution in [0.5, 0.6) is 11.5 Å². The van der Waals surface area contributed by atoms with Crippen molar-refractivity contribution in [2.75, 3.05) is 31.3 Å². The van der Waals surface area contributed by atoms with Crippen molar-refractivity contribution in [2.45, 2.75) is 6.42 Å². The molecule has 0 aliphatic carbocycles. The van der Waals surface area contributed by atoms with Gasteiger partial charge in [0.1, 0.15) is 13.2 Å². The van der Waals surface area contributed by atoms with Crippen molar-refractivity contribution in [3.8, 4) is 11.5 Å². The van der Waals surface area contributed by atoms with Crippen LogP contribution >= 0.6 is 0 Å². The van der Waals surface area contributed by atoms with Gasteiger partial charge in [0.25, 0.3) is 17.7 Å². The molecule has 3 amide bonds. The Morgan fingerprint density at radius 3 is 2.22 bits per heavy atom. The van der Waals surface area contributed by atoms with E-state index in [1.807, 2.05) is 18.2 Å². The minimum Gasteiger partial charge on any atom is -0.486 e. The highest BCUT2D eigenvalue weighted by Gasteiger charge is 2.36. The zero-order valence-electron chi connectivity index (χ0n) is 19.2. The topological polar surface area (TPSA) is 111 Å². The maximum Gasteiger partial charge on any atom is 0.338 e. The number of carbonyl (C=O) groups excluding carboxylic acids is 4. The largest absolute Gasteiger partial charge is 0.486 e. The summed E-state index contributed by atoms with van der Waals surface area (Å²) in [7, 11) is 0. The van der Waals surface area contributed by atoms with Crippen LogP contribution in [0.2, 0.25) is 0 Å². The summed E-state index contributed by atoms with van der Waals surface area (Å²) in [5.74, 6) is -0.558. The number of amides is 3. The lowest BCUT2D eigenvalue weighted by Crippen LogP contribution is -2.30. The van der Waals surface area contributed by atoms with Crippen LogP contribution in [0.15, 0.2) is 66.7 Å². The van der Waals surface area contributed by atoms with Gasteiger partial charge in [0.15, 0.2) is 18.1 Å². The van der Waals surface area contributed by atoms with E-state index in [-0.39, 0.29) is 5.56 Å². The molecule has 0 spiro atoms. The molecule has 0 bridgehead atoms. The molecule has 3 aromatic rings. The second-order valence-electron chi connectivity index (χ2n) is 8.19. The van der Waals surface area contributed by atoms with Crippen LogP contribution in [0, 0.1) is 0 Å². The minimum absolute atomic E-state index is 0.194. The van der Waals surface area contributed by atoms with Gasteiger partial charge in [0.05, 0.1) is 22.4 Å². The van der Waals surface area contributed by atoms with Crippen molar-refractivity contribution in [1.29, 1.82) is 0 Å². The fourth-order valence-corrected chi connectivity index (χ4v) is 4.03. The molecule has 0 saturated heterocycles. The average Bonchev–Trinajstić information content (AvgIpc) is 3.17. The smallest absolute Gasteiger partial charge is 0.338 e. The molecular weight excluding hydrogens is 464 g/mol. The third-order valence-electron chi connectivity index (χ3n) is 5.83. The molecule has 1 N–H and O–H groups in total. The summed E-state index contributed by atoms with van der Waals surface area (Å²) in [6.07, 6.45) is 0.579. The van der Waals surface area contributed by atoms with E-state index in [1.54, 1.807) is 24.3 Å². The summed E-state index contributed by atoms with van der Waals surface area (Å²) in [5.41, 5.74) is 2.20. The normalized spacial score (nSPS) is 13.8. The highest BCUT2D eigenvalue weighted by Crippen LogP contribution is 2.31. The Bertz CT molecular complexity index is 1320. The first-order valence-corrected chi connectivity index (χ1v) is 11.4. The number of carbonyl (C=O) groups is 4. The Hall–Kier alpha value is -4.66. The van der Waals surface area contributed by atoms with E-state index in [4.69, 9.17) is 14.2 Å². The molecule has 0 atom stereocenters. The van der Waals surface area contributed by atoms with Crippen molar-refractivity contribution in [3.63, 3.8) is 0 Å². The summed E-state index contributed by atoms with van der Waals surface area (Å²) >= 11 is 0. The summed E-state index contributed by atoms with van der Waals surface area (Å²) in [6.45, 7) is 0.965. The summed E-state index contributed by atoms with van der Waals surface area (Å²) in [6, 6.07) is 18.1. The first kappa shape index (κ1) is 23.1. The van der Waals surface area contributed by atoms with E-state index in [0.717, 1.165) is 10.5 Å². The molecule has 5 rings (SSSR count). The monoisotopic (exact) mass is 486 g/mol. The molecule has 2 aliphatic rings. The van der Waals surface area contributed by atoms with Crippen molar-refractivity contribution < 1.29 is 33.4 Å². The molecule has 0 fully saturated rings. The maximum absolute atomic E-state index is 12.6. The lowest BCUT2D eigenvalue weighted by Gasteiger charge is -2.18. The molecule has 0 saturated carbocycles. The van der Waals surface area contributed by atoms with Gasteiger partial charge in [-0.1, -0.05) is 18.2 Å². The Morgan fingerprint density at radius 1 is 0.861 bits per heavy atom. The van der Waals surface area contributed by atoms with E-state index in [1.165, 1.54) is 24.3 Å². The molecule has 3 aromatic carbocycles. The molecule has 36 heavy (non-hydrogen) atoms. The molecule has 0 aromatic heterocycles. The van der Waals surface area contributed by atoms with E-state index in [2.05, 4.69) is 5.32 Å². The summed E-state index contributed by atoms with van der Waals surface area (Å²) in [5, 5.41) is 2.71. The van der Waals surface area contributed by atoms with E-state index in [9.17, 15) is 19.2 Å². The summed E-state index contributed by atoms with van der Waals surface area (Å²) < 4.78 is 16.1. The third-order valence-corrected chi connectivity index (χ3v) is 5.83. The van der Waals surface area contributed by atoms with Crippen molar-refractivity contribution in [2.24, 2.45) is 0 Å². The molecule has 9 nitrogen and oxygen atoms in total. The third kappa shape index (κ3) is 4.63. The van der Waals surface area contributed by atoms with Crippen LogP contribution in [0.25, 0.3) is 0 Å². The summed E-state index contributed by atoms with van der Waals surface area (Å²) in [4.78, 5) is 50.7. The van der Waals surface area contributed by atoms with Crippen LogP contribution in [0.3, 0.4) is 0 Å². The van der Waals surface area contributed by atoms with Gasteiger partial charge in [0.2, 0.25) is 0 Å². The Balaban J connectivity index is 1.10. The number of nitrogens with one attached hydrogen (secondary N) is 1. The average molecular weight is 486 g/mol. The highest BCUT2D eigenvalue weighted by atomic mass is 16.6. The Morgan fingerprint density at radius 2 is 1.53 bits per heavy atom. The van der Waals surface area contributed by atoms with Crippen LogP contribution in [0.4, 0.5) is 5.69 Å². The number of benzene rings is 3. The maximum atomic E-state index is 12.6. The van der Waals surface area contributed by atoms with Crippen LogP contribution in [-0.4, -0.2) is 50.1 Å². The van der Waals surface area contributed by atoms with E-state index >= 15 is 0 Å². The van der Waals surface area contributed by atoms with Gasteiger partial charge in [-0.15, -0.1) is 0 Å². The number of ether oxygens (including phenoxy) is 3. The number of rotatable bonds is 7. The number of hydrogen-bond donors (Lipinski definition) is 1. The lowest BCUT2D eigenvalue weighted by molar-refractivity contribution is -0.124. The van der Waals surface area contributed by atoms with Crippen molar-refractivity contribution in [3.05, 3.63) is 89.0 Å². The second kappa shape index (κ2) is 9.91. The van der Waals surface area contributed by atoms with Gasteiger partial charge in [-0.05, 0) is 60.5 Å². The van der Waals surface area contributed by atoms with Crippen molar-refractivity contribution >= 4 is 29.4 Å². The number of hydrogen-bond acceptors (Lipinski definition) is 7. The SMILES string of the molecule is O=C(COC(=O)c1ccc(N2C(=O)c3ccccc3C2=O)cc1)NCCc1ccc2c(c1)OCCO2. The number of imide groups is 1. The number of fused-ring (bicyclic) bond motifs is 2. The molecule has 0 unspecified atom stereocenters. The second-order valence-corrected chi connectivity index (χ2v) is 8.19. The predicted molar refractivity (Wildman–Crippen MR) is 128 cm³/mol. The molecule has 2 heterocycles. The fraction of sp³-hybridized carbons (Fsp3) is 0.185. The van der Waals surface area contributed by atoms with Gasteiger partial charge in [-0.2, -0.15) is 0 Å². The Labute approximate surface area is 206 Å². The van der Waals surface area contributed by atoms with Crippen molar-refractivity contribution in [1.82, 2.24) is 5.32 Å². The standard InChI is InChI=1S/C27H22N2O7/c30-24(28-12-11-17-5-10-22-23(15-17)35-14-13-34-22)16-36-27(33)18-6-8-19(9-7-18)29-25(31)20-3-1-2-4-21(20)26(29)32/h1-10,15H,11-14,16H2,(H,28,30). The molecule has 2 aliphatic heterocycles. The van der Waals surface area contributed by atoms with Gasteiger partial charge < -0.3 is 19.5 Å². The molecular formula is C27H22N2O7. The van der Waals surface area contributed by atoms with E-state index in [0.29, 0.717) is 54.5 Å². The minimum atomic E-state index is -0.689. The van der Waals surface area contributed by atoms with Crippen LogP contribution < -0.4 is 19.7 Å². The number of anilines is 1. The molecule has 9 heteroatoms. The first-order chi connectivity index (χ1) is 17.5. The fourth-order valence-electron chi connectivity index (χ4n) is 4.03. The predicted octanol–water partition coefficient (Wildman–Crippen LogP) is 2.77. The van der Waals surface area contributed by atoms with Crippen LogP contribution in [-0.2, 0) is 16.0 Å². The number of esters is 1. The zero-order chi connectivity index (χ0) is 25.1. The first-order valence-electron chi connectivity index (χ1n) is 11.4. The van der Waals surface area contributed by atoms with Gasteiger partial charge in [0, 0.05) is 6.54 Å². The van der Waals surface area contributed by atoms with Crippen LogP contribution in [0.1, 0.15) is 36.6 Å². The zero-order valence-corrected chi connectivity index (χ0v) is 19.2. The van der Waals surface area contributed by atoms with Gasteiger partial charge >= 0.3 is 5.97 Å². The quantitative estimate of drug-likeness (QED) is 0.404. The lowest BCUT2D eigenvalue weighted by atomic mass is 10.1. The van der Waals surface area contributed by atoms with Gasteiger partial charge in [-0.3, -0.25) is 14.4 Å². The molecule has 0 radical (unpaired) electrons. The highest BCUT2D eigenvalue weighted by molar-refractivity contribution is 6.34.